The Morgan fingerprint density at radius 2 is 1.79 bits per heavy atom. The summed E-state index contributed by atoms with van der Waals surface area (Å²) in [5, 5.41) is 16.4. The molecule has 0 aliphatic rings. The van der Waals surface area contributed by atoms with Gasteiger partial charge in [-0.25, -0.2) is 4.98 Å². The third-order valence-electron chi connectivity index (χ3n) is 4.63. The van der Waals surface area contributed by atoms with E-state index in [4.69, 9.17) is 23.2 Å². The monoisotopic (exact) mass is 409 g/mol. The summed E-state index contributed by atoms with van der Waals surface area (Å²) in [4.78, 5) is 8.72. The molecule has 2 aromatic heterocycles. The molecule has 2 heterocycles. The lowest BCUT2D eigenvalue weighted by Crippen LogP contribution is -2.15. The van der Waals surface area contributed by atoms with Gasteiger partial charge in [0.2, 0.25) is 0 Å². The molecule has 28 heavy (non-hydrogen) atoms. The van der Waals surface area contributed by atoms with Crippen LogP contribution in [0.3, 0.4) is 0 Å². The van der Waals surface area contributed by atoms with E-state index in [0.717, 1.165) is 16.5 Å². The van der Waals surface area contributed by atoms with Crippen LogP contribution in [-0.4, -0.2) is 15.1 Å². The number of aromatic nitrogens is 2. The number of aromatic hydroxyl groups is 1. The lowest BCUT2D eigenvalue weighted by atomic mass is 9.92. The average molecular weight is 410 g/mol. The number of nitrogens with zero attached hydrogens (tertiary/aromatic N) is 2. The zero-order chi connectivity index (χ0) is 19.7. The molecule has 1 atom stereocenters. The highest BCUT2D eigenvalue weighted by molar-refractivity contribution is 6.35. The molecule has 0 fully saturated rings. The highest BCUT2D eigenvalue weighted by atomic mass is 35.5. The number of hydrogen-bond donors (Lipinski definition) is 2. The van der Waals surface area contributed by atoms with Crippen molar-refractivity contribution < 1.29 is 5.11 Å². The van der Waals surface area contributed by atoms with Crippen LogP contribution in [0.1, 0.15) is 22.7 Å². The van der Waals surface area contributed by atoms with Gasteiger partial charge in [-0.2, -0.15) is 0 Å². The van der Waals surface area contributed by atoms with Gasteiger partial charge in [0.05, 0.1) is 6.04 Å². The van der Waals surface area contributed by atoms with E-state index in [1.165, 1.54) is 0 Å². The molecule has 4 rings (SSSR count). The van der Waals surface area contributed by atoms with E-state index >= 15 is 0 Å². The molecule has 0 aliphatic heterocycles. The van der Waals surface area contributed by atoms with Crippen LogP contribution in [-0.2, 0) is 0 Å². The van der Waals surface area contributed by atoms with Crippen molar-refractivity contribution in [2.75, 3.05) is 5.32 Å². The number of benzene rings is 2. The Labute approximate surface area is 172 Å². The smallest absolute Gasteiger partial charge is 0.147 e. The summed E-state index contributed by atoms with van der Waals surface area (Å²) < 4.78 is 0. The molecule has 6 heteroatoms. The molecular formula is C22H17Cl2N3O. The fourth-order valence-electron chi connectivity index (χ4n) is 3.36. The van der Waals surface area contributed by atoms with Gasteiger partial charge in [-0.15, -0.1) is 0 Å². The van der Waals surface area contributed by atoms with E-state index in [9.17, 15) is 5.11 Å². The topological polar surface area (TPSA) is 58.0 Å². The molecule has 0 saturated carbocycles. The molecule has 4 aromatic rings. The number of phenols is 1. The number of nitrogens with one attached hydrogen (secondary N) is 1. The van der Waals surface area contributed by atoms with Gasteiger partial charge in [0.15, 0.2) is 0 Å². The summed E-state index contributed by atoms with van der Waals surface area (Å²) >= 11 is 12.6. The van der Waals surface area contributed by atoms with Crippen LogP contribution >= 0.6 is 23.2 Å². The summed E-state index contributed by atoms with van der Waals surface area (Å²) in [5.74, 6) is 0.786. The molecule has 2 aromatic carbocycles. The SMILES string of the molecule is Cc1cc2cccnc2c(O)c1C(Nc1ccccn1)c1ccc(Cl)cc1Cl. The first kappa shape index (κ1) is 18.5. The minimum absolute atomic E-state index is 0.120. The van der Waals surface area contributed by atoms with Crippen LogP contribution in [0.25, 0.3) is 10.9 Å². The van der Waals surface area contributed by atoms with Crippen LogP contribution < -0.4 is 5.32 Å². The zero-order valence-electron chi connectivity index (χ0n) is 15.0. The first-order valence-corrected chi connectivity index (χ1v) is 9.50. The van der Waals surface area contributed by atoms with Gasteiger partial charge >= 0.3 is 0 Å². The van der Waals surface area contributed by atoms with Gasteiger partial charge in [0.25, 0.3) is 0 Å². The van der Waals surface area contributed by atoms with E-state index in [1.54, 1.807) is 24.5 Å². The summed E-state index contributed by atoms with van der Waals surface area (Å²) in [6.45, 7) is 1.96. The van der Waals surface area contributed by atoms with Crippen molar-refractivity contribution >= 4 is 39.9 Å². The third kappa shape index (κ3) is 3.49. The van der Waals surface area contributed by atoms with E-state index in [-0.39, 0.29) is 5.75 Å². The number of aryl methyl sites for hydroxylation is 1. The molecule has 0 radical (unpaired) electrons. The Kier molecular flexibility index (Phi) is 5.07. The van der Waals surface area contributed by atoms with Gasteiger partial charge in [-0.3, -0.25) is 4.98 Å². The number of rotatable bonds is 4. The van der Waals surface area contributed by atoms with Crippen molar-refractivity contribution in [3.8, 4) is 5.75 Å². The normalized spacial score (nSPS) is 12.1. The zero-order valence-corrected chi connectivity index (χ0v) is 16.5. The van der Waals surface area contributed by atoms with Crippen molar-refractivity contribution in [3.05, 3.63) is 93.7 Å². The molecule has 1 unspecified atom stereocenters. The summed E-state index contributed by atoms with van der Waals surface area (Å²) in [7, 11) is 0. The van der Waals surface area contributed by atoms with Crippen molar-refractivity contribution in [2.45, 2.75) is 13.0 Å². The molecule has 0 aliphatic carbocycles. The van der Waals surface area contributed by atoms with Gasteiger partial charge in [-0.1, -0.05) is 41.4 Å². The summed E-state index contributed by atoms with van der Waals surface area (Å²) in [6, 6.07) is 16.3. The minimum atomic E-state index is -0.439. The maximum absolute atomic E-state index is 11.1. The minimum Gasteiger partial charge on any atom is -0.505 e. The van der Waals surface area contributed by atoms with Gasteiger partial charge in [0, 0.05) is 33.4 Å². The fraction of sp³-hybridized carbons (Fsp3) is 0.0909. The lowest BCUT2D eigenvalue weighted by molar-refractivity contribution is 0.471. The second-order valence-electron chi connectivity index (χ2n) is 6.49. The first-order chi connectivity index (χ1) is 13.5. The molecular weight excluding hydrogens is 393 g/mol. The van der Waals surface area contributed by atoms with Gasteiger partial charge < -0.3 is 10.4 Å². The lowest BCUT2D eigenvalue weighted by Gasteiger charge is -2.24. The van der Waals surface area contributed by atoms with Gasteiger partial charge in [-0.05, 0) is 54.4 Å². The Morgan fingerprint density at radius 1 is 0.964 bits per heavy atom. The number of fused-ring (bicyclic) bond motifs is 1. The van der Waals surface area contributed by atoms with Crippen LogP contribution in [0.4, 0.5) is 5.82 Å². The van der Waals surface area contributed by atoms with E-state index in [1.807, 2.05) is 49.4 Å². The maximum atomic E-state index is 11.1. The number of phenolic OH excluding ortho intramolecular Hbond substituents is 1. The summed E-state index contributed by atoms with van der Waals surface area (Å²) in [6.07, 6.45) is 3.37. The van der Waals surface area contributed by atoms with Crippen LogP contribution in [0.2, 0.25) is 10.0 Å². The maximum Gasteiger partial charge on any atom is 0.147 e. The predicted octanol–water partition coefficient (Wildman–Crippen LogP) is 6.15. The number of hydrogen-bond acceptors (Lipinski definition) is 4. The Morgan fingerprint density at radius 3 is 2.54 bits per heavy atom. The summed E-state index contributed by atoms with van der Waals surface area (Å²) in [5.41, 5.74) is 2.94. The molecule has 140 valence electrons. The predicted molar refractivity (Wildman–Crippen MR) is 114 cm³/mol. The van der Waals surface area contributed by atoms with Crippen molar-refractivity contribution in [3.63, 3.8) is 0 Å². The standard InChI is InChI=1S/C22H17Cl2N3O/c1-13-11-14-5-4-10-26-20(14)22(28)19(13)21(27-18-6-2-3-9-25-18)16-8-7-15(23)12-17(16)24/h2-12,21,28H,1H3,(H,25,27). The second kappa shape index (κ2) is 7.66. The van der Waals surface area contributed by atoms with Gasteiger partial charge in [0.1, 0.15) is 17.1 Å². The molecule has 2 N–H and O–H groups in total. The van der Waals surface area contributed by atoms with Crippen molar-refractivity contribution in [1.82, 2.24) is 9.97 Å². The molecule has 0 spiro atoms. The van der Waals surface area contributed by atoms with E-state index in [2.05, 4.69) is 15.3 Å². The average Bonchev–Trinajstić information content (AvgIpc) is 2.68. The van der Waals surface area contributed by atoms with E-state index < -0.39 is 6.04 Å². The molecule has 0 saturated heterocycles. The quantitative estimate of drug-likeness (QED) is 0.424. The Balaban J connectivity index is 1.94. The Bertz CT molecular complexity index is 1150. The first-order valence-electron chi connectivity index (χ1n) is 8.74. The number of halogens is 2. The largest absolute Gasteiger partial charge is 0.505 e. The number of anilines is 1. The van der Waals surface area contributed by atoms with Crippen LogP contribution in [0.15, 0.2) is 67.0 Å². The number of pyridine rings is 2. The molecule has 4 nitrogen and oxygen atoms in total. The second-order valence-corrected chi connectivity index (χ2v) is 7.33. The van der Waals surface area contributed by atoms with Crippen molar-refractivity contribution in [1.29, 1.82) is 0 Å². The van der Waals surface area contributed by atoms with E-state index in [0.29, 0.717) is 26.9 Å². The van der Waals surface area contributed by atoms with Crippen molar-refractivity contribution in [2.24, 2.45) is 0 Å². The van der Waals surface area contributed by atoms with Crippen LogP contribution in [0, 0.1) is 6.92 Å². The third-order valence-corrected chi connectivity index (χ3v) is 5.20. The molecule has 0 amide bonds. The Hall–Kier alpha value is -2.82. The highest BCUT2D eigenvalue weighted by Gasteiger charge is 2.24. The fourth-order valence-corrected chi connectivity index (χ4v) is 3.88. The highest BCUT2D eigenvalue weighted by Crippen LogP contribution is 2.41. The molecule has 0 bridgehead atoms. The van der Waals surface area contributed by atoms with Crippen LogP contribution in [0.5, 0.6) is 5.75 Å².